The average Bonchev–Trinajstić information content (AvgIpc) is 2.68. The Balaban J connectivity index is 1.95. The molecule has 0 amide bonds. The molecule has 0 spiro atoms. The van der Waals surface area contributed by atoms with Gasteiger partial charge in [-0.1, -0.05) is 18.5 Å². The van der Waals surface area contributed by atoms with Crippen LogP contribution in [0.3, 0.4) is 0 Å². The summed E-state index contributed by atoms with van der Waals surface area (Å²) in [6, 6.07) is 10.2. The molecule has 7 heteroatoms. The van der Waals surface area contributed by atoms with Crippen molar-refractivity contribution in [3.05, 3.63) is 59.5 Å². The van der Waals surface area contributed by atoms with E-state index in [1.165, 1.54) is 18.3 Å². The van der Waals surface area contributed by atoms with Gasteiger partial charge < -0.3 is 4.90 Å². The number of pyridine rings is 1. The molecule has 28 heavy (non-hydrogen) atoms. The van der Waals surface area contributed by atoms with Gasteiger partial charge in [0.05, 0.1) is 16.1 Å². The molecule has 0 saturated carbocycles. The summed E-state index contributed by atoms with van der Waals surface area (Å²) in [6.07, 6.45) is 3.38. The second kappa shape index (κ2) is 7.33. The predicted octanol–water partition coefficient (Wildman–Crippen LogP) is 5.10. The number of benzene rings is 2. The summed E-state index contributed by atoms with van der Waals surface area (Å²) in [6.45, 7) is 3.73. The highest BCUT2D eigenvalue weighted by Crippen LogP contribution is 2.38. The summed E-state index contributed by atoms with van der Waals surface area (Å²) >= 11 is 6.22. The van der Waals surface area contributed by atoms with Gasteiger partial charge in [0.2, 0.25) is 9.84 Å². The summed E-state index contributed by atoms with van der Waals surface area (Å²) in [5.74, 6) is 0.123. The van der Waals surface area contributed by atoms with E-state index < -0.39 is 15.7 Å². The van der Waals surface area contributed by atoms with E-state index in [1.807, 2.05) is 0 Å². The zero-order valence-electron chi connectivity index (χ0n) is 15.4. The monoisotopic (exact) mass is 418 g/mol. The van der Waals surface area contributed by atoms with Crippen LogP contribution in [0, 0.1) is 11.7 Å². The maximum absolute atomic E-state index is 13.4. The van der Waals surface area contributed by atoms with Crippen molar-refractivity contribution < 1.29 is 12.8 Å². The fourth-order valence-electron chi connectivity index (χ4n) is 3.63. The second-order valence-electron chi connectivity index (χ2n) is 7.26. The molecule has 0 aliphatic carbocycles. The largest absolute Gasteiger partial charge is 0.370 e. The number of aromatic nitrogens is 1. The number of rotatable bonds is 3. The number of halogens is 2. The third kappa shape index (κ3) is 3.47. The standard InChI is InChI=1S/C21H20ClFN2O2S/c1-14-8-10-25(11-9-14)21-18-12-15(22)2-7-19(18)24-13-20(21)28(26,27)17-5-3-16(23)4-6-17/h2-7,12-14H,8-11H2,1H3. The summed E-state index contributed by atoms with van der Waals surface area (Å²) in [7, 11) is -3.87. The normalized spacial score (nSPS) is 15.9. The zero-order valence-corrected chi connectivity index (χ0v) is 17.0. The maximum Gasteiger partial charge on any atom is 0.210 e. The van der Waals surface area contributed by atoms with E-state index in [2.05, 4.69) is 16.8 Å². The number of sulfone groups is 1. The molecule has 0 N–H and O–H groups in total. The van der Waals surface area contributed by atoms with Gasteiger partial charge in [-0.15, -0.1) is 0 Å². The average molecular weight is 419 g/mol. The molecule has 1 saturated heterocycles. The molecule has 2 aromatic carbocycles. The number of anilines is 1. The summed E-state index contributed by atoms with van der Waals surface area (Å²) in [5.41, 5.74) is 1.32. The molecule has 2 heterocycles. The van der Waals surface area contributed by atoms with Gasteiger partial charge in [-0.3, -0.25) is 4.98 Å². The molecule has 0 bridgehead atoms. The van der Waals surface area contributed by atoms with Crippen molar-refractivity contribution in [2.24, 2.45) is 5.92 Å². The summed E-state index contributed by atoms with van der Waals surface area (Å²) in [4.78, 5) is 6.64. The SMILES string of the molecule is CC1CCN(c2c(S(=O)(=O)c3ccc(F)cc3)cnc3ccc(Cl)cc23)CC1. The van der Waals surface area contributed by atoms with Gasteiger partial charge in [-0.05, 0) is 61.2 Å². The molecule has 0 atom stereocenters. The van der Waals surface area contributed by atoms with Crippen LogP contribution < -0.4 is 4.90 Å². The van der Waals surface area contributed by atoms with Crippen molar-refractivity contribution in [1.82, 2.24) is 4.98 Å². The van der Waals surface area contributed by atoms with E-state index in [0.29, 0.717) is 27.5 Å². The predicted molar refractivity (Wildman–Crippen MR) is 109 cm³/mol. The second-order valence-corrected chi connectivity index (χ2v) is 9.61. The highest BCUT2D eigenvalue weighted by molar-refractivity contribution is 7.91. The van der Waals surface area contributed by atoms with Gasteiger partial charge in [0.15, 0.2) is 0 Å². The van der Waals surface area contributed by atoms with Gasteiger partial charge in [-0.25, -0.2) is 12.8 Å². The Morgan fingerprint density at radius 1 is 1.11 bits per heavy atom. The van der Waals surface area contributed by atoms with Gasteiger partial charge in [0.25, 0.3) is 0 Å². The quantitative estimate of drug-likeness (QED) is 0.555. The Morgan fingerprint density at radius 2 is 1.79 bits per heavy atom. The first-order valence-electron chi connectivity index (χ1n) is 9.20. The Bertz CT molecular complexity index is 1130. The van der Waals surface area contributed by atoms with Gasteiger partial charge in [-0.2, -0.15) is 0 Å². The minimum absolute atomic E-state index is 0.0451. The molecule has 3 aromatic rings. The molecule has 4 rings (SSSR count). The lowest BCUT2D eigenvalue weighted by atomic mass is 9.98. The van der Waals surface area contributed by atoms with Crippen LogP contribution in [0.4, 0.5) is 10.1 Å². The lowest BCUT2D eigenvalue weighted by Crippen LogP contribution is -2.34. The Hall–Kier alpha value is -2.18. The third-order valence-corrected chi connectivity index (χ3v) is 7.29. The number of hydrogen-bond donors (Lipinski definition) is 0. The lowest BCUT2D eigenvalue weighted by Gasteiger charge is -2.34. The molecule has 4 nitrogen and oxygen atoms in total. The summed E-state index contributed by atoms with van der Waals surface area (Å²) in [5, 5.41) is 1.24. The molecular weight excluding hydrogens is 399 g/mol. The Kier molecular flexibility index (Phi) is 5.02. The van der Waals surface area contributed by atoms with Gasteiger partial charge in [0.1, 0.15) is 10.7 Å². The first-order chi connectivity index (χ1) is 13.4. The highest BCUT2D eigenvalue weighted by atomic mass is 35.5. The number of piperidine rings is 1. The van der Waals surface area contributed by atoms with Crippen LogP contribution in [-0.2, 0) is 9.84 Å². The fourth-order valence-corrected chi connectivity index (χ4v) is 5.23. The van der Waals surface area contributed by atoms with Crippen LogP contribution in [0.5, 0.6) is 0 Å². The molecular formula is C21H20ClFN2O2S. The van der Waals surface area contributed by atoms with Crippen molar-refractivity contribution in [3.63, 3.8) is 0 Å². The van der Waals surface area contributed by atoms with E-state index in [4.69, 9.17) is 11.6 Å². The van der Waals surface area contributed by atoms with Gasteiger partial charge in [0, 0.05) is 29.7 Å². The Labute approximate surface area is 168 Å². The van der Waals surface area contributed by atoms with Crippen molar-refractivity contribution in [3.8, 4) is 0 Å². The molecule has 146 valence electrons. The zero-order chi connectivity index (χ0) is 19.9. The number of hydrogen-bond acceptors (Lipinski definition) is 4. The van der Waals surface area contributed by atoms with Crippen LogP contribution >= 0.6 is 11.6 Å². The van der Waals surface area contributed by atoms with Crippen molar-refractivity contribution in [1.29, 1.82) is 0 Å². The van der Waals surface area contributed by atoms with E-state index >= 15 is 0 Å². The van der Waals surface area contributed by atoms with Crippen LogP contribution in [-0.4, -0.2) is 26.5 Å². The van der Waals surface area contributed by atoms with Crippen LogP contribution in [0.15, 0.2) is 58.5 Å². The minimum atomic E-state index is -3.87. The number of fused-ring (bicyclic) bond motifs is 1. The van der Waals surface area contributed by atoms with Crippen LogP contribution in [0.2, 0.25) is 5.02 Å². The van der Waals surface area contributed by atoms with E-state index in [9.17, 15) is 12.8 Å². The van der Waals surface area contributed by atoms with Crippen LogP contribution in [0.1, 0.15) is 19.8 Å². The van der Waals surface area contributed by atoms with Gasteiger partial charge >= 0.3 is 0 Å². The first kappa shape index (κ1) is 19.2. The molecule has 0 radical (unpaired) electrons. The highest BCUT2D eigenvalue weighted by Gasteiger charge is 2.28. The molecule has 0 unspecified atom stereocenters. The van der Waals surface area contributed by atoms with E-state index in [1.54, 1.807) is 18.2 Å². The van der Waals surface area contributed by atoms with Crippen molar-refractivity contribution in [2.75, 3.05) is 18.0 Å². The maximum atomic E-state index is 13.4. The van der Waals surface area contributed by atoms with Crippen molar-refractivity contribution >= 4 is 38.0 Å². The molecule has 1 aliphatic heterocycles. The molecule has 1 aliphatic rings. The fraction of sp³-hybridized carbons (Fsp3) is 0.286. The minimum Gasteiger partial charge on any atom is -0.370 e. The lowest BCUT2D eigenvalue weighted by molar-refractivity contribution is 0.437. The van der Waals surface area contributed by atoms with Crippen LogP contribution in [0.25, 0.3) is 10.9 Å². The van der Waals surface area contributed by atoms with E-state index in [0.717, 1.165) is 38.1 Å². The number of nitrogens with zero attached hydrogens (tertiary/aromatic N) is 2. The van der Waals surface area contributed by atoms with Crippen molar-refractivity contribution in [2.45, 2.75) is 29.6 Å². The first-order valence-corrected chi connectivity index (χ1v) is 11.1. The molecule has 1 aromatic heterocycles. The van der Waals surface area contributed by atoms with E-state index in [-0.39, 0.29) is 9.79 Å². The third-order valence-electron chi connectivity index (χ3n) is 5.28. The topological polar surface area (TPSA) is 50.3 Å². The Morgan fingerprint density at radius 3 is 2.46 bits per heavy atom. The summed E-state index contributed by atoms with van der Waals surface area (Å²) < 4.78 is 40.1. The smallest absolute Gasteiger partial charge is 0.210 e. The molecule has 1 fully saturated rings.